The molecule has 136 valence electrons. The van der Waals surface area contributed by atoms with Crippen molar-refractivity contribution in [3.8, 4) is 0 Å². The fourth-order valence-electron chi connectivity index (χ4n) is 3.37. The number of fused-ring (bicyclic) bond motifs is 2. The standard InChI is InChI=1S/C18H21N5O3/c1-22-18(25)23-11-12(8-9-15(23)21-22)17(24)19-10-4-7-16-20-13-5-2-3-6-14(13)26-16/h2-3,5-6,12H,4,7-11H2,1H3,(H,19,24). The van der Waals surface area contributed by atoms with Crippen LogP contribution in [0, 0.1) is 5.92 Å². The van der Waals surface area contributed by atoms with E-state index in [9.17, 15) is 9.59 Å². The molecule has 2 aromatic heterocycles. The van der Waals surface area contributed by atoms with Gasteiger partial charge in [0, 0.05) is 33.0 Å². The van der Waals surface area contributed by atoms with Crippen molar-refractivity contribution in [3.05, 3.63) is 46.5 Å². The number of hydrogen-bond acceptors (Lipinski definition) is 5. The van der Waals surface area contributed by atoms with Crippen molar-refractivity contribution in [1.82, 2.24) is 24.6 Å². The molecule has 1 amide bonds. The van der Waals surface area contributed by atoms with Crippen LogP contribution in [-0.4, -0.2) is 31.8 Å². The lowest BCUT2D eigenvalue weighted by Crippen LogP contribution is -2.39. The van der Waals surface area contributed by atoms with Crippen molar-refractivity contribution >= 4 is 17.0 Å². The van der Waals surface area contributed by atoms with E-state index >= 15 is 0 Å². The molecule has 1 unspecified atom stereocenters. The molecule has 0 saturated heterocycles. The molecule has 8 nitrogen and oxygen atoms in total. The predicted octanol–water partition coefficient (Wildman–Crippen LogP) is 1.03. The first-order valence-corrected chi connectivity index (χ1v) is 8.86. The highest BCUT2D eigenvalue weighted by Gasteiger charge is 2.27. The van der Waals surface area contributed by atoms with Gasteiger partial charge in [-0.15, -0.1) is 0 Å². The number of oxazole rings is 1. The van der Waals surface area contributed by atoms with Crippen LogP contribution >= 0.6 is 0 Å². The number of benzene rings is 1. The Balaban J connectivity index is 1.28. The number of nitrogens with one attached hydrogen (secondary N) is 1. The largest absolute Gasteiger partial charge is 0.441 e. The number of rotatable bonds is 5. The maximum atomic E-state index is 12.4. The maximum Gasteiger partial charge on any atom is 0.345 e. The van der Waals surface area contributed by atoms with Gasteiger partial charge < -0.3 is 9.73 Å². The maximum absolute atomic E-state index is 12.4. The van der Waals surface area contributed by atoms with Gasteiger partial charge in [0.15, 0.2) is 11.5 Å². The fraction of sp³-hybridized carbons (Fsp3) is 0.444. The Morgan fingerprint density at radius 2 is 2.23 bits per heavy atom. The summed E-state index contributed by atoms with van der Waals surface area (Å²) in [5.74, 6) is 1.25. The van der Waals surface area contributed by atoms with Crippen molar-refractivity contribution < 1.29 is 9.21 Å². The van der Waals surface area contributed by atoms with Crippen LogP contribution in [0.5, 0.6) is 0 Å². The van der Waals surface area contributed by atoms with Gasteiger partial charge in [0.05, 0.1) is 5.92 Å². The number of nitrogens with zero attached hydrogens (tertiary/aromatic N) is 4. The highest BCUT2D eigenvalue weighted by molar-refractivity contribution is 5.78. The van der Waals surface area contributed by atoms with Crippen LogP contribution in [-0.2, 0) is 31.2 Å². The number of carbonyl (C=O) groups excluding carboxylic acids is 1. The molecule has 0 spiro atoms. The lowest BCUT2D eigenvalue weighted by atomic mass is 9.98. The number of para-hydroxylation sites is 2. The van der Waals surface area contributed by atoms with Crippen LogP contribution in [0.2, 0.25) is 0 Å². The molecule has 3 heterocycles. The minimum absolute atomic E-state index is 0.0102. The first-order chi connectivity index (χ1) is 12.6. The van der Waals surface area contributed by atoms with Gasteiger partial charge in [0.1, 0.15) is 11.3 Å². The van der Waals surface area contributed by atoms with E-state index in [0.29, 0.717) is 38.2 Å². The summed E-state index contributed by atoms with van der Waals surface area (Å²) in [7, 11) is 1.63. The first-order valence-electron chi connectivity index (χ1n) is 8.86. The van der Waals surface area contributed by atoms with Gasteiger partial charge in [-0.05, 0) is 25.0 Å². The second kappa shape index (κ2) is 6.78. The quantitative estimate of drug-likeness (QED) is 0.690. The van der Waals surface area contributed by atoms with Gasteiger partial charge in [0.2, 0.25) is 5.91 Å². The molecule has 26 heavy (non-hydrogen) atoms. The summed E-state index contributed by atoms with van der Waals surface area (Å²) in [5, 5.41) is 7.15. The molecule has 1 aliphatic heterocycles. The Bertz CT molecular complexity index is 967. The molecule has 1 aromatic carbocycles. The van der Waals surface area contributed by atoms with E-state index in [4.69, 9.17) is 4.42 Å². The van der Waals surface area contributed by atoms with Gasteiger partial charge in [-0.25, -0.2) is 14.5 Å². The third-order valence-corrected chi connectivity index (χ3v) is 4.78. The monoisotopic (exact) mass is 355 g/mol. The highest BCUT2D eigenvalue weighted by atomic mass is 16.3. The van der Waals surface area contributed by atoms with Crippen LogP contribution in [0.4, 0.5) is 0 Å². The Morgan fingerprint density at radius 1 is 1.38 bits per heavy atom. The van der Waals surface area contributed by atoms with E-state index in [0.717, 1.165) is 23.3 Å². The first kappa shape index (κ1) is 16.6. The SMILES string of the molecule is Cn1nc2n(c1=O)CC(C(=O)NCCCc1nc3ccccc3o1)CC2. The van der Waals surface area contributed by atoms with Gasteiger partial charge in [-0.2, -0.15) is 5.10 Å². The van der Waals surface area contributed by atoms with Crippen molar-refractivity contribution in [2.75, 3.05) is 6.54 Å². The molecule has 0 radical (unpaired) electrons. The van der Waals surface area contributed by atoms with Gasteiger partial charge in [-0.1, -0.05) is 12.1 Å². The van der Waals surface area contributed by atoms with Crippen LogP contribution in [0.15, 0.2) is 33.5 Å². The lowest BCUT2D eigenvalue weighted by molar-refractivity contribution is -0.125. The normalized spacial score (nSPS) is 16.6. The van der Waals surface area contributed by atoms with Crippen molar-refractivity contribution in [1.29, 1.82) is 0 Å². The molecule has 0 aliphatic carbocycles. The summed E-state index contributed by atoms with van der Waals surface area (Å²) in [6.07, 6.45) is 2.79. The summed E-state index contributed by atoms with van der Waals surface area (Å²) >= 11 is 0. The number of aromatic nitrogens is 4. The summed E-state index contributed by atoms with van der Waals surface area (Å²) in [4.78, 5) is 28.8. The number of aryl methyl sites for hydroxylation is 3. The molecule has 1 aliphatic rings. The predicted molar refractivity (Wildman–Crippen MR) is 94.6 cm³/mol. The summed E-state index contributed by atoms with van der Waals surface area (Å²) in [6.45, 7) is 0.960. The van der Waals surface area contributed by atoms with Crippen LogP contribution in [0.25, 0.3) is 11.1 Å². The molecule has 8 heteroatoms. The number of carbonyl (C=O) groups is 1. The van der Waals surface area contributed by atoms with E-state index in [1.165, 1.54) is 4.68 Å². The average Bonchev–Trinajstić information content (AvgIpc) is 3.19. The summed E-state index contributed by atoms with van der Waals surface area (Å²) < 4.78 is 8.61. The van der Waals surface area contributed by atoms with Crippen LogP contribution in [0.3, 0.4) is 0 Å². The lowest BCUT2D eigenvalue weighted by Gasteiger charge is -2.21. The minimum Gasteiger partial charge on any atom is -0.441 e. The van der Waals surface area contributed by atoms with E-state index < -0.39 is 0 Å². The van der Waals surface area contributed by atoms with Gasteiger partial charge in [-0.3, -0.25) is 9.36 Å². The van der Waals surface area contributed by atoms with Gasteiger partial charge >= 0.3 is 5.69 Å². The number of amides is 1. The Kier molecular flexibility index (Phi) is 4.32. The molecule has 0 fully saturated rings. The van der Waals surface area contributed by atoms with E-state index in [-0.39, 0.29) is 17.5 Å². The molecule has 0 saturated carbocycles. The van der Waals surface area contributed by atoms with Crippen LogP contribution in [0.1, 0.15) is 24.6 Å². The molecular weight excluding hydrogens is 334 g/mol. The van der Waals surface area contributed by atoms with Crippen molar-refractivity contribution in [3.63, 3.8) is 0 Å². The highest BCUT2D eigenvalue weighted by Crippen LogP contribution is 2.17. The zero-order valence-electron chi connectivity index (χ0n) is 14.6. The molecule has 1 N–H and O–H groups in total. The molecule has 1 atom stereocenters. The minimum atomic E-state index is -0.186. The fourth-order valence-corrected chi connectivity index (χ4v) is 3.37. The summed E-state index contributed by atoms with van der Waals surface area (Å²) in [6, 6.07) is 7.66. The topological polar surface area (TPSA) is 95.0 Å². The summed E-state index contributed by atoms with van der Waals surface area (Å²) in [5.41, 5.74) is 1.48. The molecular formula is C18H21N5O3. The smallest absolute Gasteiger partial charge is 0.345 e. The van der Waals surface area contributed by atoms with Crippen LogP contribution < -0.4 is 11.0 Å². The Labute approximate surface area is 149 Å². The Hall–Kier alpha value is -2.90. The third kappa shape index (κ3) is 3.14. The third-order valence-electron chi connectivity index (χ3n) is 4.78. The molecule has 4 rings (SSSR count). The zero-order valence-corrected chi connectivity index (χ0v) is 14.6. The van der Waals surface area contributed by atoms with E-state index in [1.54, 1.807) is 11.6 Å². The average molecular weight is 355 g/mol. The number of hydrogen-bond donors (Lipinski definition) is 1. The van der Waals surface area contributed by atoms with E-state index in [1.807, 2.05) is 24.3 Å². The Morgan fingerprint density at radius 3 is 3.08 bits per heavy atom. The second-order valence-electron chi connectivity index (χ2n) is 6.64. The molecule has 3 aromatic rings. The van der Waals surface area contributed by atoms with Gasteiger partial charge in [0.25, 0.3) is 0 Å². The van der Waals surface area contributed by atoms with E-state index in [2.05, 4.69) is 15.4 Å². The van der Waals surface area contributed by atoms with Crippen molar-refractivity contribution in [2.45, 2.75) is 32.2 Å². The zero-order chi connectivity index (χ0) is 18.1. The van der Waals surface area contributed by atoms with Crippen molar-refractivity contribution in [2.24, 2.45) is 13.0 Å². The second-order valence-corrected chi connectivity index (χ2v) is 6.64. The molecule has 0 bridgehead atoms.